The summed E-state index contributed by atoms with van der Waals surface area (Å²) >= 11 is 14.3. The third-order valence-electron chi connectivity index (χ3n) is 10.2. The highest BCUT2D eigenvalue weighted by molar-refractivity contribution is 7.17. The Morgan fingerprint density at radius 3 is 2.11 bits per heavy atom. The normalized spacial score (nSPS) is 17.4. The van der Waals surface area contributed by atoms with E-state index in [4.69, 9.17) is 33.7 Å². The largest absolute Gasteiger partial charge is 0.506 e. The minimum absolute atomic E-state index is 0.0752. The van der Waals surface area contributed by atoms with Gasteiger partial charge in [0, 0.05) is 72.1 Å². The number of hydrogen-bond acceptors (Lipinski definition) is 8. The topological polar surface area (TPSA) is 171 Å². The summed E-state index contributed by atoms with van der Waals surface area (Å²) in [7, 11) is 0. The fraction of sp³-hybridized carbons (Fsp3) is 0.410. The van der Waals surface area contributed by atoms with Crippen LogP contribution < -0.4 is 26.2 Å². The lowest BCUT2D eigenvalue weighted by Crippen LogP contribution is -2.49. The third kappa shape index (κ3) is 7.41. The second kappa shape index (κ2) is 16.0. The number of rotatable bonds is 12. The van der Waals surface area contributed by atoms with Gasteiger partial charge in [-0.2, -0.15) is 0 Å². The average molecular weight is 797 g/mol. The van der Waals surface area contributed by atoms with Crippen LogP contribution in [0.15, 0.2) is 41.8 Å². The Balaban J connectivity index is 1.18. The molecule has 15 heteroatoms. The fourth-order valence-electron chi connectivity index (χ4n) is 7.57. The summed E-state index contributed by atoms with van der Waals surface area (Å²) < 4.78 is 5.74. The van der Waals surface area contributed by atoms with Crippen molar-refractivity contribution in [3.63, 3.8) is 0 Å². The molecule has 1 aromatic heterocycles. The van der Waals surface area contributed by atoms with E-state index in [1.54, 1.807) is 35.8 Å². The number of alkyl halides is 2. The molecule has 12 nitrogen and oxygen atoms in total. The number of nitrogens with two attached hydrogens (primary N) is 1. The molecular formula is C39H43Cl2N5O7S. The Bertz CT molecular complexity index is 2160. The van der Waals surface area contributed by atoms with Crippen LogP contribution in [-0.4, -0.2) is 71.8 Å². The maximum absolute atomic E-state index is 13.9. The van der Waals surface area contributed by atoms with Crippen molar-refractivity contribution < 1.29 is 33.8 Å². The molecule has 3 aromatic carbocycles. The number of aromatic hydroxyl groups is 1. The minimum atomic E-state index is -1.18. The number of benzene rings is 3. The summed E-state index contributed by atoms with van der Waals surface area (Å²) in [6.45, 7) is 7.61. The quantitative estimate of drug-likeness (QED) is 0.114. The standard InChI is InChI=1S/C39H43Cl2N5O7S/c1-19(2)35(53-39(42)52)38(51)43-21(4)37(50)44-26-12-27-33(25-9-6-5-8-24(25)26)22(14-40)16-45(27)30(48)10-7-11-31(49)46-17-23(15-41)34-28(46)13-29(47)36-32(34)20(3)18-54-36/h5-6,8-9,12-13,18-19,21-23,35,47H,7,10-11,14-17H2,1-4H3,(H2,42,52)(H,43,51)(H,44,50)/t21?,22-,23-,35?/m1/s1. The van der Waals surface area contributed by atoms with E-state index in [9.17, 15) is 29.1 Å². The molecule has 2 unspecified atom stereocenters. The molecule has 3 heterocycles. The van der Waals surface area contributed by atoms with E-state index in [1.807, 2.05) is 36.6 Å². The lowest BCUT2D eigenvalue weighted by atomic mass is 9.95. The van der Waals surface area contributed by atoms with E-state index in [1.165, 1.54) is 18.3 Å². The first kappa shape index (κ1) is 39.1. The average Bonchev–Trinajstić information content (AvgIpc) is 3.83. The molecule has 0 spiro atoms. The molecule has 5 N–H and O–H groups in total. The number of phenolic OH excluding ortho intramolecular Hbond substituents is 1. The van der Waals surface area contributed by atoms with Crippen LogP contribution in [-0.2, 0) is 23.9 Å². The van der Waals surface area contributed by atoms with Crippen LogP contribution >= 0.6 is 34.5 Å². The molecule has 2 aliphatic rings. The van der Waals surface area contributed by atoms with Crippen LogP contribution in [0.5, 0.6) is 5.75 Å². The van der Waals surface area contributed by atoms with E-state index < -0.39 is 30.1 Å². The molecule has 5 amide bonds. The van der Waals surface area contributed by atoms with E-state index in [2.05, 4.69) is 10.6 Å². The first-order chi connectivity index (χ1) is 25.7. The number of nitrogens with zero attached hydrogens (tertiary/aromatic N) is 2. The Labute approximate surface area is 326 Å². The van der Waals surface area contributed by atoms with E-state index in [-0.39, 0.29) is 54.0 Å². The summed E-state index contributed by atoms with van der Waals surface area (Å²) in [5.74, 6) is -1.44. The molecule has 4 aromatic rings. The highest BCUT2D eigenvalue weighted by atomic mass is 35.5. The first-order valence-electron chi connectivity index (χ1n) is 17.8. The van der Waals surface area contributed by atoms with Gasteiger partial charge in [0.15, 0.2) is 6.10 Å². The molecule has 0 saturated carbocycles. The highest BCUT2D eigenvalue weighted by Crippen LogP contribution is 2.49. The zero-order valence-corrected chi connectivity index (χ0v) is 32.7. The Kier molecular flexibility index (Phi) is 11.6. The number of primary amides is 1. The predicted octanol–water partition coefficient (Wildman–Crippen LogP) is 6.84. The number of nitrogens with one attached hydrogen (secondary N) is 2. The third-order valence-corrected chi connectivity index (χ3v) is 12.0. The summed E-state index contributed by atoms with van der Waals surface area (Å²) in [4.78, 5) is 68.5. The summed E-state index contributed by atoms with van der Waals surface area (Å²) in [5.41, 5.74) is 9.75. The smallest absolute Gasteiger partial charge is 0.405 e. The Morgan fingerprint density at radius 2 is 1.52 bits per heavy atom. The number of carbonyl (C=O) groups excluding carboxylic acids is 5. The second-order valence-electron chi connectivity index (χ2n) is 14.2. The second-order valence-corrected chi connectivity index (χ2v) is 15.7. The van der Waals surface area contributed by atoms with Crippen LogP contribution in [0.2, 0.25) is 0 Å². The number of ether oxygens (including phenoxy) is 1. The van der Waals surface area contributed by atoms with E-state index in [0.717, 1.165) is 37.5 Å². The molecule has 0 radical (unpaired) electrons. The predicted molar refractivity (Wildman–Crippen MR) is 213 cm³/mol. The monoisotopic (exact) mass is 795 g/mol. The van der Waals surface area contributed by atoms with Gasteiger partial charge in [-0.1, -0.05) is 38.1 Å². The molecule has 286 valence electrons. The molecule has 0 fully saturated rings. The van der Waals surface area contributed by atoms with Crippen molar-refractivity contribution in [2.45, 2.75) is 70.9 Å². The van der Waals surface area contributed by atoms with Crippen molar-refractivity contribution in [2.24, 2.45) is 11.7 Å². The van der Waals surface area contributed by atoms with Gasteiger partial charge in [-0.05, 0) is 59.7 Å². The molecular weight excluding hydrogens is 753 g/mol. The number of thiophene rings is 1. The van der Waals surface area contributed by atoms with Crippen molar-refractivity contribution in [3.8, 4) is 5.75 Å². The van der Waals surface area contributed by atoms with Gasteiger partial charge in [-0.15, -0.1) is 34.5 Å². The molecule has 2 aliphatic heterocycles. The van der Waals surface area contributed by atoms with Gasteiger partial charge >= 0.3 is 6.09 Å². The Morgan fingerprint density at radius 1 is 0.926 bits per heavy atom. The molecule has 4 atom stereocenters. The maximum Gasteiger partial charge on any atom is 0.405 e. The van der Waals surface area contributed by atoms with Crippen LogP contribution in [0.3, 0.4) is 0 Å². The number of hydrogen-bond donors (Lipinski definition) is 4. The number of fused-ring (bicyclic) bond motifs is 6. The zero-order chi connectivity index (χ0) is 39.0. The van der Waals surface area contributed by atoms with Crippen LogP contribution in [0, 0.1) is 12.8 Å². The van der Waals surface area contributed by atoms with Crippen LogP contribution in [0.1, 0.15) is 68.6 Å². The van der Waals surface area contributed by atoms with Gasteiger partial charge in [0.1, 0.15) is 11.8 Å². The SMILES string of the molecule is Cc1csc2c(O)cc3c(c12)[C@H](CCl)CN3C(=O)CCCC(=O)N1C[C@@H](CCl)c2c1cc(NC(=O)C(C)NC(=O)C(OC(N)=O)C(C)C)c1ccccc21. The van der Waals surface area contributed by atoms with Gasteiger partial charge in [-0.3, -0.25) is 19.2 Å². The molecule has 0 aliphatic carbocycles. The van der Waals surface area contributed by atoms with Gasteiger partial charge in [0.25, 0.3) is 5.91 Å². The first-order valence-corrected chi connectivity index (χ1v) is 19.8. The van der Waals surface area contributed by atoms with Gasteiger partial charge in [-0.25, -0.2) is 4.79 Å². The Hall–Kier alpha value is -4.59. The van der Waals surface area contributed by atoms with Gasteiger partial charge in [0.05, 0.1) is 16.1 Å². The minimum Gasteiger partial charge on any atom is -0.506 e. The number of anilines is 3. The van der Waals surface area contributed by atoms with Crippen molar-refractivity contribution in [3.05, 3.63) is 58.5 Å². The number of amides is 5. The molecule has 0 bridgehead atoms. The summed E-state index contributed by atoms with van der Waals surface area (Å²) in [6.07, 6.45) is -1.77. The summed E-state index contributed by atoms with van der Waals surface area (Å²) in [6, 6.07) is 9.88. The lowest BCUT2D eigenvalue weighted by molar-refractivity contribution is -0.134. The number of phenols is 1. The van der Waals surface area contributed by atoms with Gasteiger partial charge < -0.3 is 36.0 Å². The maximum atomic E-state index is 13.9. The lowest BCUT2D eigenvalue weighted by Gasteiger charge is -2.23. The molecule has 6 rings (SSSR count). The highest BCUT2D eigenvalue weighted by Gasteiger charge is 2.37. The number of carbonyl (C=O) groups is 5. The van der Waals surface area contributed by atoms with E-state index in [0.29, 0.717) is 42.5 Å². The van der Waals surface area contributed by atoms with Crippen LogP contribution in [0.4, 0.5) is 21.9 Å². The fourth-order valence-corrected chi connectivity index (χ4v) is 9.05. The molecule has 0 saturated heterocycles. The van der Waals surface area contributed by atoms with Crippen molar-refractivity contribution >= 4 is 102 Å². The number of halogens is 2. The molecule has 54 heavy (non-hydrogen) atoms. The van der Waals surface area contributed by atoms with Crippen molar-refractivity contribution in [1.29, 1.82) is 0 Å². The summed E-state index contributed by atoms with van der Waals surface area (Å²) in [5, 5.41) is 20.8. The van der Waals surface area contributed by atoms with Crippen LogP contribution in [0.25, 0.3) is 20.9 Å². The zero-order valence-electron chi connectivity index (χ0n) is 30.4. The van der Waals surface area contributed by atoms with Gasteiger partial charge in [0.2, 0.25) is 17.7 Å². The van der Waals surface area contributed by atoms with Crippen molar-refractivity contribution in [1.82, 2.24) is 5.32 Å². The van der Waals surface area contributed by atoms with Crippen molar-refractivity contribution in [2.75, 3.05) is 40.0 Å². The number of aryl methyl sites for hydroxylation is 1. The van der Waals surface area contributed by atoms with E-state index >= 15 is 0 Å².